The highest BCUT2D eigenvalue weighted by atomic mass is 16.6. The van der Waals surface area contributed by atoms with Crippen LogP contribution in [0.3, 0.4) is 0 Å². The molecular weight excluding hydrogens is 248 g/mol. The Morgan fingerprint density at radius 3 is 2.42 bits per heavy atom. The Kier molecular flexibility index (Phi) is 6.86. The second kappa shape index (κ2) is 8.79. The number of ether oxygens (including phenoxy) is 2. The molecule has 0 saturated heterocycles. The van der Waals surface area contributed by atoms with E-state index in [-0.39, 0.29) is 6.61 Å². The monoisotopic (exact) mass is 264 g/mol. The van der Waals surface area contributed by atoms with Crippen LogP contribution in [-0.4, -0.2) is 18.8 Å². The van der Waals surface area contributed by atoms with E-state index in [0.717, 1.165) is 19.3 Å². The van der Waals surface area contributed by atoms with Gasteiger partial charge < -0.3 is 9.47 Å². The Bertz CT molecular complexity index is 432. The molecule has 0 spiro atoms. The fraction of sp³-hybridized carbons (Fsp3) is 0.385. The fourth-order valence-electron chi connectivity index (χ4n) is 1.23. The second-order valence-corrected chi connectivity index (χ2v) is 3.70. The van der Waals surface area contributed by atoms with Crippen molar-refractivity contribution >= 4 is 12.2 Å². The summed E-state index contributed by atoms with van der Waals surface area (Å²) in [6, 6.07) is 8.39. The minimum atomic E-state index is -0.961. The van der Waals surface area contributed by atoms with E-state index < -0.39 is 12.2 Å². The van der Waals surface area contributed by atoms with Crippen LogP contribution in [0.2, 0.25) is 0 Å². The molecule has 0 heterocycles. The lowest BCUT2D eigenvalue weighted by Gasteiger charge is -1.99. The molecule has 0 unspecified atom stereocenters. The quantitative estimate of drug-likeness (QED) is 0.595. The number of nitrogens with zero attached hydrogens (tertiary/aromatic N) is 2. The molecule has 1 rings (SSSR count). The SMILES string of the molecule is CCCCCOC(=O)/N=N/C(=O)Oc1ccccc1. The number of hydrogen-bond donors (Lipinski definition) is 0. The van der Waals surface area contributed by atoms with Crippen molar-refractivity contribution in [2.75, 3.05) is 6.61 Å². The van der Waals surface area contributed by atoms with E-state index in [0.29, 0.717) is 5.75 Å². The van der Waals surface area contributed by atoms with E-state index >= 15 is 0 Å². The molecular formula is C13H16N2O4. The first-order valence-corrected chi connectivity index (χ1v) is 6.07. The van der Waals surface area contributed by atoms with Crippen molar-refractivity contribution in [1.29, 1.82) is 0 Å². The van der Waals surface area contributed by atoms with Crippen LogP contribution < -0.4 is 4.74 Å². The predicted octanol–water partition coefficient (Wildman–Crippen LogP) is 3.96. The van der Waals surface area contributed by atoms with E-state index in [9.17, 15) is 9.59 Å². The molecule has 0 aromatic heterocycles. The number of carbonyl (C=O) groups is 2. The number of benzene rings is 1. The highest BCUT2D eigenvalue weighted by Crippen LogP contribution is 2.09. The van der Waals surface area contributed by atoms with Crippen LogP contribution in [0.1, 0.15) is 26.2 Å². The normalized spacial score (nSPS) is 10.4. The number of unbranched alkanes of at least 4 members (excludes halogenated alkanes) is 2. The lowest BCUT2D eigenvalue weighted by atomic mass is 10.3. The largest absolute Gasteiger partial charge is 0.458 e. The highest BCUT2D eigenvalue weighted by Gasteiger charge is 2.04. The van der Waals surface area contributed by atoms with Gasteiger partial charge in [0.1, 0.15) is 5.75 Å². The average Bonchev–Trinajstić information content (AvgIpc) is 2.42. The topological polar surface area (TPSA) is 77.3 Å². The molecule has 0 bridgehead atoms. The maximum absolute atomic E-state index is 11.2. The molecule has 0 aliphatic carbocycles. The minimum Gasteiger partial charge on any atom is -0.447 e. The summed E-state index contributed by atoms with van der Waals surface area (Å²) in [5.74, 6) is 0.336. The molecule has 102 valence electrons. The summed E-state index contributed by atoms with van der Waals surface area (Å²) in [5.41, 5.74) is 0. The van der Waals surface area contributed by atoms with Crippen molar-refractivity contribution in [3.63, 3.8) is 0 Å². The number of azo groups is 1. The number of amides is 2. The Hall–Kier alpha value is -2.24. The molecule has 1 aromatic rings. The Morgan fingerprint density at radius 1 is 1.05 bits per heavy atom. The van der Waals surface area contributed by atoms with E-state index in [1.165, 1.54) is 0 Å². The highest BCUT2D eigenvalue weighted by molar-refractivity contribution is 5.74. The molecule has 0 aliphatic heterocycles. The predicted molar refractivity (Wildman–Crippen MR) is 68.2 cm³/mol. The van der Waals surface area contributed by atoms with Gasteiger partial charge in [-0.15, -0.1) is 0 Å². The third-order valence-corrected chi connectivity index (χ3v) is 2.14. The summed E-state index contributed by atoms with van der Waals surface area (Å²) in [4.78, 5) is 22.3. The van der Waals surface area contributed by atoms with Crippen molar-refractivity contribution in [1.82, 2.24) is 0 Å². The zero-order valence-corrected chi connectivity index (χ0v) is 10.7. The lowest BCUT2D eigenvalue weighted by Crippen LogP contribution is -2.04. The standard InChI is InChI=1S/C13H16N2O4/c1-2-3-7-10-18-12(16)14-15-13(17)19-11-8-5-4-6-9-11/h4-6,8-9H,2-3,7,10H2,1H3/b15-14+. The first-order valence-electron chi connectivity index (χ1n) is 6.07. The first kappa shape index (κ1) is 14.8. The van der Waals surface area contributed by atoms with Gasteiger partial charge in [0.05, 0.1) is 6.61 Å². The molecule has 0 saturated carbocycles. The maximum atomic E-state index is 11.2. The number of rotatable bonds is 5. The maximum Gasteiger partial charge on any atom is 0.458 e. The molecule has 2 amide bonds. The Balaban J connectivity index is 2.27. The number of para-hydroxylation sites is 1. The molecule has 0 atom stereocenters. The van der Waals surface area contributed by atoms with Gasteiger partial charge in [-0.2, -0.15) is 0 Å². The van der Waals surface area contributed by atoms with Crippen LogP contribution in [0.25, 0.3) is 0 Å². The second-order valence-electron chi connectivity index (χ2n) is 3.70. The van der Waals surface area contributed by atoms with Gasteiger partial charge in [-0.25, -0.2) is 9.59 Å². The van der Waals surface area contributed by atoms with Crippen LogP contribution in [0.5, 0.6) is 5.75 Å². The molecule has 0 fully saturated rings. The summed E-state index contributed by atoms with van der Waals surface area (Å²) in [6.07, 6.45) is 0.924. The first-order chi connectivity index (χ1) is 9.22. The molecule has 6 nitrogen and oxygen atoms in total. The summed E-state index contributed by atoms with van der Waals surface area (Å²) in [7, 11) is 0. The smallest absolute Gasteiger partial charge is 0.447 e. The van der Waals surface area contributed by atoms with E-state index in [2.05, 4.69) is 10.2 Å². The van der Waals surface area contributed by atoms with Crippen LogP contribution >= 0.6 is 0 Å². The summed E-state index contributed by atoms with van der Waals surface area (Å²) in [6.45, 7) is 2.32. The zero-order valence-electron chi connectivity index (χ0n) is 10.7. The van der Waals surface area contributed by atoms with Crippen molar-refractivity contribution in [3.05, 3.63) is 30.3 Å². The van der Waals surface area contributed by atoms with E-state index in [4.69, 9.17) is 9.47 Å². The van der Waals surface area contributed by atoms with Crippen LogP contribution in [0, 0.1) is 0 Å². The molecule has 6 heteroatoms. The molecule has 19 heavy (non-hydrogen) atoms. The Labute approximate surface area is 111 Å². The van der Waals surface area contributed by atoms with Gasteiger partial charge in [0.15, 0.2) is 0 Å². The van der Waals surface area contributed by atoms with E-state index in [1.54, 1.807) is 30.3 Å². The van der Waals surface area contributed by atoms with Crippen molar-refractivity contribution in [2.45, 2.75) is 26.2 Å². The van der Waals surface area contributed by atoms with Crippen molar-refractivity contribution in [3.8, 4) is 5.75 Å². The van der Waals surface area contributed by atoms with Crippen molar-refractivity contribution < 1.29 is 19.1 Å². The Morgan fingerprint density at radius 2 is 1.74 bits per heavy atom. The summed E-state index contributed by atoms with van der Waals surface area (Å²) >= 11 is 0. The minimum absolute atomic E-state index is 0.277. The van der Waals surface area contributed by atoms with Gasteiger partial charge in [-0.1, -0.05) is 48.2 Å². The van der Waals surface area contributed by atoms with Gasteiger partial charge in [-0.3, -0.25) is 0 Å². The van der Waals surface area contributed by atoms with Crippen LogP contribution in [0.15, 0.2) is 40.6 Å². The summed E-state index contributed by atoms with van der Waals surface area (Å²) in [5, 5.41) is 6.21. The van der Waals surface area contributed by atoms with Gasteiger partial charge in [0.2, 0.25) is 0 Å². The summed E-state index contributed by atoms with van der Waals surface area (Å²) < 4.78 is 9.54. The fourth-order valence-corrected chi connectivity index (χ4v) is 1.23. The number of hydrogen-bond acceptors (Lipinski definition) is 4. The third-order valence-electron chi connectivity index (χ3n) is 2.14. The molecule has 0 radical (unpaired) electrons. The lowest BCUT2D eigenvalue weighted by molar-refractivity contribution is 0.152. The molecule has 0 aliphatic rings. The van der Waals surface area contributed by atoms with Crippen LogP contribution in [-0.2, 0) is 4.74 Å². The zero-order chi connectivity index (χ0) is 13.9. The number of carbonyl (C=O) groups excluding carboxylic acids is 2. The average molecular weight is 264 g/mol. The molecule has 0 N–H and O–H groups in total. The van der Waals surface area contributed by atoms with Gasteiger partial charge in [-0.05, 0) is 18.6 Å². The van der Waals surface area contributed by atoms with Crippen molar-refractivity contribution in [2.24, 2.45) is 10.2 Å². The van der Waals surface area contributed by atoms with Gasteiger partial charge in [0, 0.05) is 0 Å². The van der Waals surface area contributed by atoms with Gasteiger partial charge >= 0.3 is 12.2 Å². The van der Waals surface area contributed by atoms with E-state index in [1.807, 2.05) is 6.92 Å². The third kappa shape index (κ3) is 6.92. The van der Waals surface area contributed by atoms with Gasteiger partial charge in [0.25, 0.3) is 0 Å². The van der Waals surface area contributed by atoms with Crippen LogP contribution in [0.4, 0.5) is 9.59 Å². The molecule has 1 aromatic carbocycles.